The fourth-order valence-electron chi connectivity index (χ4n) is 2.98. The van der Waals surface area contributed by atoms with Crippen molar-refractivity contribution in [2.45, 2.75) is 64.0 Å². The van der Waals surface area contributed by atoms with Crippen molar-refractivity contribution in [2.24, 2.45) is 5.92 Å². The molecule has 1 heterocycles. The normalized spacial score (nSPS) is 26.3. The molecule has 0 aromatic carbocycles. The van der Waals surface area contributed by atoms with Gasteiger partial charge in [-0.2, -0.15) is 0 Å². The van der Waals surface area contributed by atoms with Gasteiger partial charge >= 0.3 is 0 Å². The molecule has 1 aliphatic carbocycles. The predicted molar refractivity (Wildman–Crippen MR) is 76.0 cm³/mol. The molecule has 1 saturated carbocycles. The first-order valence-electron chi connectivity index (χ1n) is 7.87. The summed E-state index contributed by atoms with van der Waals surface area (Å²) in [7, 11) is 0. The zero-order valence-corrected chi connectivity index (χ0v) is 12.1. The number of carbonyl (C=O) groups excluding carboxylic acids is 1. The van der Waals surface area contributed by atoms with E-state index in [1.54, 1.807) is 0 Å². The van der Waals surface area contributed by atoms with E-state index in [4.69, 9.17) is 4.74 Å². The van der Waals surface area contributed by atoms with Gasteiger partial charge in [-0.15, -0.1) is 0 Å². The average Bonchev–Trinajstić information content (AvgIpc) is 2.93. The van der Waals surface area contributed by atoms with Crippen LogP contribution >= 0.6 is 0 Å². The summed E-state index contributed by atoms with van der Waals surface area (Å²) in [5.41, 5.74) is 0. The van der Waals surface area contributed by atoms with Crippen LogP contribution in [0.2, 0.25) is 0 Å². The zero-order valence-electron chi connectivity index (χ0n) is 12.1. The number of nitrogens with one attached hydrogen (secondary N) is 2. The molecular formula is C15H28N2O2. The first kappa shape index (κ1) is 14.8. The average molecular weight is 268 g/mol. The second kappa shape index (κ2) is 7.85. The topological polar surface area (TPSA) is 50.4 Å². The van der Waals surface area contributed by atoms with Crippen LogP contribution in [0.25, 0.3) is 0 Å². The molecule has 2 N–H and O–H groups in total. The van der Waals surface area contributed by atoms with Gasteiger partial charge in [-0.1, -0.05) is 19.3 Å². The molecule has 0 aromatic heterocycles. The van der Waals surface area contributed by atoms with Crippen molar-refractivity contribution in [3.8, 4) is 0 Å². The molecule has 1 aliphatic heterocycles. The molecule has 19 heavy (non-hydrogen) atoms. The van der Waals surface area contributed by atoms with Crippen molar-refractivity contribution < 1.29 is 9.53 Å². The van der Waals surface area contributed by atoms with E-state index in [9.17, 15) is 4.79 Å². The third-order valence-corrected chi connectivity index (χ3v) is 4.37. The Balaban J connectivity index is 1.58. The number of carbonyl (C=O) groups is 1. The summed E-state index contributed by atoms with van der Waals surface area (Å²) < 4.78 is 5.36. The molecule has 2 rings (SSSR count). The molecule has 2 atom stereocenters. The van der Waals surface area contributed by atoms with E-state index in [-0.39, 0.29) is 11.9 Å². The van der Waals surface area contributed by atoms with Gasteiger partial charge in [-0.05, 0) is 45.1 Å². The minimum atomic E-state index is -0.0794. The van der Waals surface area contributed by atoms with E-state index >= 15 is 0 Å². The fourth-order valence-corrected chi connectivity index (χ4v) is 2.98. The monoisotopic (exact) mass is 268 g/mol. The molecule has 0 bridgehead atoms. The molecule has 0 aromatic rings. The van der Waals surface area contributed by atoms with Crippen LogP contribution in [0, 0.1) is 5.92 Å². The maximum absolute atomic E-state index is 12.0. The maximum atomic E-state index is 12.0. The quantitative estimate of drug-likeness (QED) is 0.773. The Hall–Kier alpha value is -0.610. The van der Waals surface area contributed by atoms with Crippen LogP contribution in [-0.2, 0) is 9.53 Å². The summed E-state index contributed by atoms with van der Waals surface area (Å²) in [5, 5.41) is 6.50. The molecule has 0 spiro atoms. The van der Waals surface area contributed by atoms with Crippen molar-refractivity contribution in [3.63, 3.8) is 0 Å². The highest BCUT2D eigenvalue weighted by Crippen LogP contribution is 2.17. The van der Waals surface area contributed by atoms with Crippen LogP contribution in [0.1, 0.15) is 51.9 Å². The summed E-state index contributed by atoms with van der Waals surface area (Å²) in [6.45, 7) is 4.67. The molecule has 2 fully saturated rings. The van der Waals surface area contributed by atoms with Crippen LogP contribution in [0.15, 0.2) is 0 Å². The van der Waals surface area contributed by atoms with Crippen molar-refractivity contribution >= 4 is 5.91 Å². The van der Waals surface area contributed by atoms with Gasteiger partial charge in [0.05, 0.1) is 6.04 Å². The smallest absolute Gasteiger partial charge is 0.237 e. The lowest BCUT2D eigenvalue weighted by Gasteiger charge is -2.25. The Morgan fingerprint density at radius 1 is 1.26 bits per heavy atom. The Kier molecular flexibility index (Phi) is 6.11. The Labute approximate surface area is 116 Å². The maximum Gasteiger partial charge on any atom is 0.237 e. The molecule has 2 unspecified atom stereocenters. The Morgan fingerprint density at radius 2 is 2.05 bits per heavy atom. The fraction of sp³-hybridized carbons (Fsp3) is 0.933. The second-order valence-electron chi connectivity index (χ2n) is 6.04. The second-order valence-corrected chi connectivity index (χ2v) is 6.04. The minimum Gasteiger partial charge on any atom is -0.381 e. The van der Waals surface area contributed by atoms with E-state index < -0.39 is 0 Å². The lowest BCUT2D eigenvalue weighted by atomic mass is 9.95. The Bertz CT molecular complexity index is 271. The van der Waals surface area contributed by atoms with Crippen molar-refractivity contribution in [2.75, 3.05) is 19.8 Å². The van der Waals surface area contributed by atoms with E-state index in [1.807, 2.05) is 6.92 Å². The van der Waals surface area contributed by atoms with Gasteiger partial charge in [-0.25, -0.2) is 0 Å². The largest absolute Gasteiger partial charge is 0.381 e. The zero-order chi connectivity index (χ0) is 13.5. The van der Waals surface area contributed by atoms with E-state index in [0.29, 0.717) is 12.0 Å². The summed E-state index contributed by atoms with van der Waals surface area (Å²) in [6, 6.07) is 0.331. The predicted octanol–water partition coefficient (Wildman–Crippen LogP) is 1.84. The first-order chi connectivity index (χ1) is 9.25. The van der Waals surface area contributed by atoms with Crippen molar-refractivity contribution in [3.05, 3.63) is 0 Å². The van der Waals surface area contributed by atoms with E-state index in [2.05, 4.69) is 10.6 Å². The van der Waals surface area contributed by atoms with Gasteiger partial charge in [0.2, 0.25) is 5.91 Å². The van der Waals surface area contributed by atoms with Gasteiger partial charge in [0.15, 0.2) is 0 Å². The van der Waals surface area contributed by atoms with Gasteiger partial charge in [0.1, 0.15) is 0 Å². The molecule has 0 radical (unpaired) electrons. The molecular weight excluding hydrogens is 240 g/mol. The van der Waals surface area contributed by atoms with E-state index in [0.717, 1.165) is 39.0 Å². The van der Waals surface area contributed by atoms with Crippen LogP contribution < -0.4 is 10.6 Å². The van der Waals surface area contributed by atoms with Crippen LogP contribution in [0.4, 0.5) is 0 Å². The summed E-state index contributed by atoms with van der Waals surface area (Å²) >= 11 is 0. The van der Waals surface area contributed by atoms with Crippen molar-refractivity contribution in [1.29, 1.82) is 0 Å². The lowest BCUT2D eigenvalue weighted by Crippen LogP contribution is -2.47. The highest BCUT2D eigenvalue weighted by Gasteiger charge is 2.20. The van der Waals surface area contributed by atoms with Crippen LogP contribution in [-0.4, -0.2) is 37.7 Å². The van der Waals surface area contributed by atoms with E-state index in [1.165, 1.54) is 25.7 Å². The van der Waals surface area contributed by atoms with Crippen LogP contribution in [0.5, 0.6) is 0 Å². The summed E-state index contributed by atoms with van der Waals surface area (Å²) in [4.78, 5) is 12.0. The third kappa shape index (κ3) is 5.11. The number of hydrogen-bond acceptors (Lipinski definition) is 3. The molecule has 4 nitrogen and oxygen atoms in total. The number of amides is 1. The number of hydrogen-bond donors (Lipinski definition) is 2. The van der Waals surface area contributed by atoms with Gasteiger partial charge in [-0.3, -0.25) is 4.79 Å². The molecule has 2 aliphatic rings. The van der Waals surface area contributed by atoms with Gasteiger partial charge < -0.3 is 15.4 Å². The standard InChI is InChI=1S/C15H28N2O2/c1-12(16-9-7-13-8-10-19-11-13)15(18)17-14-5-3-2-4-6-14/h12-14,16H,2-11H2,1H3,(H,17,18). The summed E-state index contributed by atoms with van der Waals surface area (Å²) in [6.07, 6.45) is 8.42. The SMILES string of the molecule is CC(NCCC1CCOC1)C(=O)NC1CCCCC1. The minimum absolute atomic E-state index is 0.0794. The highest BCUT2D eigenvalue weighted by atomic mass is 16.5. The summed E-state index contributed by atoms with van der Waals surface area (Å²) in [5.74, 6) is 0.843. The van der Waals surface area contributed by atoms with Crippen LogP contribution in [0.3, 0.4) is 0 Å². The first-order valence-corrected chi connectivity index (χ1v) is 7.87. The number of rotatable bonds is 6. The van der Waals surface area contributed by atoms with Gasteiger partial charge in [0.25, 0.3) is 0 Å². The van der Waals surface area contributed by atoms with Crippen molar-refractivity contribution in [1.82, 2.24) is 10.6 Å². The lowest BCUT2D eigenvalue weighted by molar-refractivity contribution is -0.123. The molecule has 1 saturated heterocycles. The molecule has 4 heteroatoms. The number of ether oxygens (including phenoxy) is 1. The molecule has 1 amide bonds. The third-order valence-electron chi connectivity index (χ3n) is 4.37. The molecule has 110 valence electrons. The van der Waals surface area contributed by atoms with Gasteiger partial charge in [0, 0.05) is 19.3 Å². The highest BCUT2D eigenvalue weighted by molar-refractivity contribution is 5.81. The Morgan fingerprint density at radius 3 is 2.74 bits per heavy atom.